The Kier molecular flexibility index (Phi) is 3.86. The SMILES string of the molecule is CC(C#N)CNC1CCC2(CCCC2)CC1. The molecule has 0 amide bonds. The lowest BCUT2D eigenvalue weighted by Gasteiger charge is -2.37. The standard InChI is InChI=1S/C14H24N2/c1-12(10-15)11-16-13-4-8-14(9-5-13)6-2-3-7-14/h12-13,16H,2-9,11H2,1H3. The van der Waals surface area contributed by atoms with Crippen LogP contribution in [0.5, 0.6) is 0 Å². The molecular formula is C14H24N2. The third-order valence-electron chi connectivity index (χ3n) is 4.64. The Labute approximate surface area is 99.4 Å². The molecule has 1 unspecified atom stereocenters. The molecule has 2 aliphatic rings. The van der Waals surface area contributed by atoms with Crippen molar-refractivity contribution in [3.05, 3.63) is 0 Å². The third kappa shape index (κ3) is 2.77. The maximum absolute atomic E-state index is 8.74. The fraction of sp³-hybridized carbons (Fsp3) is 0.929. The summed E-state index contributed by atoms with van der Waals surface area (Å²) in [4.78, 5) is 0. The van der Waals surface area contributed by atoms with Gasteiger partial charge in [-0.3, -0.25) is 0 Å². The molecule has 0 heterocycles. The van der Waals surface area contributed by atoms with Crippen molar-refractivity contribution in [2.75, 3.05) is 6.54 Å². The first-order valence-corrected chi connectivity index (χ1v) is 6.87. The molecule has 0 aromatic carbocycles. The van der Waals surface area contributed by atoms with E-state index in [-0.39, 0.29) is 5.92 Å². The van der Waals surface area contributed by atoms with Crippen molar-refractivity contribution < 1.29 is 0 Å². The summed E-state index contributed by atoms with van der Waals surface area (Å²) < 4.78 is 0. The van der Waals surface area contributed by atoms with Crippen molar-refractivity contribution in [1.82, 2.24) is 5.32 Å². The highest BCUT2D eigenvalue weighted by Gasteiger charge is 2.37. The first-order chi connectivity index (χ1) is 7.74. The average molecular weight is 220 g/mol. The first kappa shape index (κ1) is 11.9. The molecule has 0 aromatic heterocycles. The monoisotopic (exact) mass is 220 g/mol. The molecule has 1 spiro atoms. The zero-order valence-corrected chi connectivity index (χ0v) is 10.5. The summed E-state index contributed by atoms with van der Waals surface area (Å²) in [6.45, 7) is 2.86. The molecule has 0 aromatic rings. The minimum atomic E-state index is 0.155. The Bertz CT molecular complexity index is 250. The Morgan fingerprint density at radius 3 is 2.44 bits per heavy atom. The van der Waals surface area contributed by atoms with Gasteiger partial charge in [-0.15, -0.1) is 0 Å². The molecule has 2 nitrogen and oxygen atoms in total. The van der Waals surface area contributed by atoms with Crippen LogP contribution in [-0.2, 0) is 0 Å². The molecule has 0 aliphatic heterocycles. The maximum atomic E-state index is 8.74. The van der Waals surface area contributed by atoms with E-state index in [2.05, 4.69) is 11.4 Å². The number of nitrogens with one attached hydrogen (secondary N) is 1. The van der Waals surface area contributed by atoms with Crippen molar-refractivity contribution in [2.24, 2.45) is 11.3 Å². The fourth-order valence-electron chi connectivity index (χ4n) is 3.45. The molecule has 0 saturated heterocycles. The van der Waals surface area contributed by atoms with Crippen LogP contribution < -0.4 is 5.32 Å². The van der Waals surface area contributed by atoms with Gasteiger partial charge in [-0.2, -0.15) is 5.26 Å². The molecule has 0 radical (unpaired) electrons. The van der Waals surface area contributed by atoms with Gasteiger partial charge in [0.2, 0.25) is 0 Å². The van der Waals surface area contributed by atoms with Crippen molar-refractivity contribution in [1.29, 1.82) is 5.26 Å². The van der Waals surface area contributed by atoms with E-state index in [0.717, 1.165) is 12.0 Å². The van der Waals surface area contributed by atoms with E-state index in [1.54, 1.807) is 0 Å². The second kappa shape index (κ2) is 5.19. The summed E-state index contributed by atoms with van der Waals surface area (Å²) in [6.07, 6.45) is 11.4. The van der Waals surface area contributed by atoms with E-state index < -0.39 is 0 Å². The summed E-state index contributed by atoms with van der Waals surface area (Å²) in [5.41, 5.74) is 0.735. The Hall–Kier alpha value is -0.550. The van der Waals surface area contributed by atoms with E-state index >= 15 is 0 Å². The number of nitrogens with zero attached hydrogens (tertiary/aromatic N) is 1. The zero-order chi connectivity index (χ0) is 11.4. The average Bonchev–Trinajstić information content (AvgIpc) is 2.77. The second-order valence-corrected chi connectivity index (χ2v) is 5.92. The van der Waals surface area contributed by atoms with Gasteiger partial charge in [-0.1, -0.05) is 12.8 Å². The van der Waals surface area contributed by atoms with Gasteiger partial charge in [-0.05, 0) is 50.9 Å². The highest BCUT2D eigenvalue weighted by Crippen LogP contribution is 2.48. The molecule has 90 valence electrons. The molecule has 0 bridgehead atoms. The van der Waals surface area contributed by atoms with Crippen LogP contribution in [0.2, 0.25) is 0 Å². The molecule has 1 N–H and O–H groups in total. The Morgan fingerprint density at radius 2 is 1.88 bits per heavy atom. The van der Waals surface area contributed by atoms with Crippen molar-refractivity contribution in [3.8, 4) is 6.07 Å². The molecular weight excluding hydrogens is 196 g/mol. The summed E-state index contributed by atoms with van der Waals surface area (Å²) in [5.74, 6) is 0.155. The molecule has 2 fully saturated rings. The van der Waals surface area contributed by atoms with Gasteiger partial charge in [0.25, 0.3) is 0 Å². The van der Waals surface area contributed by atoms with Crippen LogP contribution in [-0.4, -0.2) is 12.6 Å². The molecule has 2 saturated carbocycles. The minimum Gasteiger partial charge on any atom is -0.313 e. The van der Waals surface area contributed by atoms with Gasteiger partial charge in [0.05, 0.1) is 12.0 Å². The second-order valence-electron chi connectivity index (χ2n) is 5.92. The Morgan fingerprint density at radius 1 is 1.25 bits per heavy atom. The van der Waals surface area contributed by atoms with Gasteiger partial charge in [0.15, 0.2) is 0 Å². The van der Waals surface area contributed by atoms with Crippen LogP contribution in [0.1, 0.15) is 58.3 Å². The molecule has 2 rings (SSSR count). The van der Waals surface area contributed by atoms with Crippen molar-refractivity contribution >= 4 is 0 Å². The zero-order valence-electron chi connectivity index (χ0n) is 10.5. The van der Waals surface area contributed by atoms with Crippen LogP contribution in [0.4, 0.5) is 0 Å². The van der Waals surface area contributed by atoms with Gasteiger partial charge in [0.1, 0.15) is 0 Å². The van der Waals surface area contributed by atoms with E-state index in [0.29, 0.717) is 6.04 Å². The lowest BCUT2D eigenvalue weighted by molar-refractivity contribution is 0.168. The maximum Gasteiger partial charge on any atom is 0.0666 e. The predicted molar refractivity (Wildman–Crippen MR) is 65.9 cm³/mol. The number of nitriles is 1. The smallest absolute Gasteiger partial charge is 0.0666 e. The normalized spacial score (nSPS) is 26.8. The summed E-state index contributed by atoms with van der Waals surface area (Å²) in [7, 11) is 0. The molecule has 2 aliphatic carbocycles. The topological polar surface area (TPSA) is 35.8 Å². The van der Waals surface area contributed by atoms with E-state index in [4.69, 9.17) is 5.26 Å². The first-order valence-electron chi connectivity index (χ1n) is 6.87. The predicted octanol–water partition coefficient (Wildman–Crippen LogP) is 3.24. The molecule has 1 atom stereocenters. The van der Waals surface area contributed by atoms with Crippen LogP contribution >= 0.6 is 0 Å². The quantitative estimate of drug-likeness (QED) is 0.792. The lowest BCUT2D eigenvalue weighted by Crippen LogP contribution is -2.38. The van der Waals surface area contributed by atoms with Gasteiger partial charge in [0, 0.05) is 12.6 Å². The lowest BCUT2D eigenvalue weighted by atomic mass is 9.71. The largest absolute Gasteiger partial charge is 0.313 e. The third-order valence-corrected chi connectivity index (χ3v) is 4.64. The van der Waals surface area contributed by atoms with Gasteiger partial charge in [-0.25, -0.2) is 0 Å². The van der Waals surface area contributed by atoms with Crippen molar-refractivity contribution in [2.45, 2.75) is 64.3 Å². The fourth-order valence-corrected chi connectivity index (χ4v) is 3.45. The summed E-state index contributed by atoms with van der Waals surface area (Å²) in [5, 5.41) is 12.3. The minimum absolute atomic E-state index is 0.155. The van der Waals surface area contributed by atoms with Crippen LogP contribution in [0.15, 0.2) is 0 Å². The highest BCUT2D eigenvalue weighted by atomic mass is 14.9. The van der Waals surface area contributed by atoms with Crippen molar-refractivity contribution in [3.63, 3.8) is 0 Å². The van der Waals surface area contributed by atoms with E-state index in [1.807, 2.05) is 6.92 Å². The van der Waals surface area contributed by atoms with Crippen LogP contribution in [0.3, 0.4) is 0 Å². The van der Waals surface area contributed by atoms with Gasteiger partial charge < -0.3 is 5.32 Å². The van der Waals surface area contributed by atoms with Crippen LogP contribution in [0, 0.1) is 22.7 Å². The van der Waals surface area contributed by atoms with E-state index in [1.165, 1.54) is 51.4 Å². The van der Waals surface area contributed by atoms with E-state index in [9.17, 15) is 0 Å². The van der Waals surface area contributed by atoms with Crippen LogP contribution in [0.25, 0.3) is 0 Å². The molecule has 16 heavy (non-hydrogen) atoms. The summed E-state index contributed by atoms with van der Waals surface area (Å²) in [6, 6.07) is 2.97. The number of hydrogen-bond donors (Lipinski definition) is 1. The summed E-state index contributed by atoms with van der Waals surface area (Å²) >= 11 is 0. The highest BCUT2D eigenvalue weighted by molar-refractivity contribution is 4.92. The number of rotatable bonds is 3. The van der Waals surface area contributed by atoms with Gasteiger partial charge >= 0.3 is 0 Å². The molecule has 2 heteroatoms. The number of hydrogen-bond acceptors (Lipinski definition) is 2. The Balaban J connectivity index is 1.71.